The highest BCUT2D eigenvalue weighted by molar-refractivity contribution is 7.90. The summed E-state index contributed by atoms with van der Waals surface area (Å²) in [6.45, 7) is 0. The SMILES string of the molecule is NS(=O)(=O)Nc1cccc(-c2ccnc3[nH]c(=O)ccc23)c1. The largest absolute Gasteiger partial charge is 0.307 e. The summed E-state index contributed by atoms with van der Waals surface area (Å²) >= 11 is 0. The third-order valence-corrected chi connectivity index (χ3v) is 3.59. The van der Waals surface area contributed by atoms with E-state index in [9.17, 15) is 13.2 Å². The number of hydrogen-bond acceptors (Lipinski definition) is 4. The van der Waals surface area contributed by atoms with Crippen LogP contribution < -0.4 is 15.4 Å². The van der Waals surface area contributed by atoms with E-state index in [4.69, 9.17) is 5.14 Å². The first kappa shape index (κ1) is 14.2. The van der Waals surface area contributed by atoms with E-state index >= 15 is 0 Å². The zero-order valence-corrected chi connectivity index (χ0v) is 12.1. The van der Waals surface area contributed by atoms with Gasteiger partial charge in [0.2, 0.25) is 5.56 Å². The minimum atomic E-state index is -3.83. The van der Waals surface area contributed by atoms with Gasteiger partial charge in [0.05, 0.1) is 5.69 Å². The summed E-state index contributed by atoms with van der Waals surface area (Å²) in [7, 11) is -3.83. The van der Waals surface area contributed by atoms with E-state index in [1.807, 2.05) is 6.07 Å². The third kappa shape index (κ3) is 2.97. The smallest absolute Gasteiger partial charge is 0.296 e. The van der Waals surface area contributed by atoms with E-state index in [1.54, 1.807) is 36.5 Å². The summed E-state index contributed by atoms with van der Waals surface area (Å²) in [5.74, 6) is 0. The molecule has 0 aliphatic carbocycles. The molecule has 0 bridgehead atoms. The predicted molar refractivity (Wildman–Crippen MR) is 84.5 cm³/mol. The van der Waals surface area contributed by atoms with Crippen molar-refractivity contribution in [3.63, 3.8) is 0 Å². The molecular weight excluding hydrogens is 304 g/mol. The lowest BCUT2D eigenvalue weighted by Crippen LogP contribution is -2.21. The van der Waals surface area contributed by atoms with Gasteiger partial charge in [0.15, 0.2) is 0 Å². The van der Waals surface area contributed by atoms with Crippen LogP contribution >= 0.6 is 0 Å². The minimum absolute atomic E-state index is 0.234. The van der Waals surface area contributed by atoms with E-state index in [2.05, 4.69) is 14.7 Å². The van der Waals surface area contributed by atoms with Crippen molar-refractivity contribution in [1.82, 2.24) is 9.97 Å². The number of benzene rings is 1. The van der Waals surface area contributed by atoms with Crippen LogP contribution in [0.4, 0.5) is 5.69 Å². The Labute approximate surface area is 126 Å². The molecule has 0 fully saturated rings. The summed E-state index contributed by atoms with van der Waals surface area (Å²) in [5.41, 5.74) is 2.18. The van der Waals surface area contributed by atoms with Crippen molar-refractivity contribution in [2.75, 3.05) is 4.72 Å². The molecule has 0 amide bonds. The lowest BCUT2D eigenvalue weighted by atomic mass is 10.0. The van der Waals surface area contributed by atoms with Gasteiger partial charge >= 0.3 is 0 Å². The average Bonchev–Trinajstić information content (AvgIpc) is 2.44. The number of rotatable bonds is 3. The van der Waals surface area contributed by atoms with Crippen LogP contribution in [0.3, 0.4) is 0 Å². The lowest BCUT2D eigenvalue weighted by Gasteiger charge is -2.08. The van der Waals surface area contributed by atoms with Crippen LogP contribution in [0.1, 0.15) is 0 Å². The van der Waals surface area contributed by atoms with Crippen LogP contribution in [0.2, 0.25) is 0 Å². The Morgan fingerprint density at radius 2 is 1.95 bits per heavy atom. The average molecular weight is 316 g/mol. The summed E-state index contributed by atoms with van der Waals surface area (Å²) in [6.07, 6.45) is 1.58. The Bertz CT molecular complexity index is 1010. The molecule has 4 N–H and O–H groups in total. The molecule has 0 saturated carbocycles. The minimum Gasteiger partial charge on any atom is -0.307 e. The summed E-state index contributed by atoms with van der Waals surface area (Å²) in [4.78, 5) is 18.1. The van der Waals surface area contributed by atoms with Gasteiger partial charge in [-0.1, -0.05) is 12.1 Å². The molecular formula is C14H12N4O3S. The second-order valence-corrected chi connectivity index (χ2v) is 5.97. The van der Waals surface area contributed by atoms with Gasteiger partial charge in [-0.05, 0) is 35.4 Å². The number of nitrogens with one attached hydrogen (secondary N) is 2. The van der Waals surface area contributed by atoms with E-state index in [0.717, 1.165) is 16.5 Å². The molecule has 8 heteroatoms. The van der Waals surface area contributed by atoms with Crippen molar-refractivity contribution in [2.45, 2.75) is 0 Å². The Morgan fingerprint density at radius 1 is 1.14 bits per heavy atom. The maximum absolute atomic E-state index is 11.4. The molecule has 0 saturated heterocycles. The molecule has 0 aliphatic rings. The number of anilines is 1. The van der Waals surface area contributed by atoms with Gasteiger partial charge in [0.1, 0.15) is 5.65 Å². The van der Waals surface area contributed by atoms with Crippen molar-refractivity contribution in [1.29, 1.82) is 0 Å². The Morgan fingerprint density at radius 3 is 2.73 bits per heavy atom. The summed E-state index contributed by atoms with van der Waals surface area (Å²) in [6, 6.07) is 11.7. The fourth-order valence-corrected chi connectivity index (χ4v) is 2.68. The molecule has 0 aliphatic heterocycles. The number of fused-ring (bicyclic) bond motifs is 1. The van der Waals surface area contributed by atoms with E-state index in [0.29, 0.717) is 11.3 Å². The zero-order valence-electron chi connectivity index (χ0n) is 11.3. The molecule has 22 heavy (non-hydrogen) atoms. The fourth-order valence-electron chi connectivity index (χ4n) is 2.23. The van der Waals surface area contributed by atoms with Gasteiger partial charge in [-0.2, -0.15) is 8.42 Å². The first-order valence-corrected chi connectivity index (χ1v) is 7.86. The molecule has 7 nitrogen and oxygen atoms in total. The molecule has 0 spiro atoms. The van der Waals surface area contributed by atoms with Gasteiger partial charge in [0, 0.05) is 17.6 Å². The second kappa shape index (κ2) is 5.24. The Balaban J connectivity index is 2.16. The molecule has 0 atom stereocenters. The molecule has 2 heterocycles. The van der Waals surface area contributed by atoms with Gasteiger partial charge in [-0.3, -0.25) is 9.52 Å². The van der Waals surface area contributed by atoms with Crippen LogP contribution in [0.15, 0.2) is 53.5 Å². The highest BCUT2D eigenvalue weighted by Crippen LogP contribution is 2.28. The van der Waals surface area contributed by atoms with Gasteiger partial charge < -0.3 is 4.98 Å². The van der Waals surface area contributed by atoms with Crippen molar-refractivity contribution in [2.24, 2.45) is 5.14 Å². The van der Waals surface area contributed by atoms with Crippen LogP contribution in [0, 0.1) is 0 Å². The zero-order chi connectivity index (χ0) is 15.7. The van der Waals surface area contributed by atoms with Gasteiger partial charge in [-0.25, -0.2) is 10.1 Å². The number of pyridine rings is 2. The summed E-state index contributed by atoms with van der Waals surface area (Å²) in [5, 5.41) is 5.73. The van der Waals surface area contributed by atoms with Gasteiger partial charge in [-0.15, -0.1) is 0 Å². The molecule has 0 radical (unpaired) electrons. The lowest BCUT2D eigenvalue weighted by molar-refractivity contribution is 0.603. The number of nitrogens with zero attached hydrogens (tertiary/aromatic N) is 1. The maximum Gasteiger partial charge on any atom is 0.296 e. The van der Waals surface area contributed by atoms with Crippen molar-refractivity contribution in [3.8, 4) is 11.1 Å². The van der Waals surface area contributed by atoms with Crippen LogP contribution in [0.5, 0.6) is 0 Å². The second-order valence-electron chi connectivity index (χ2n) is 4.67. The van der Waals surface area contributed by atoms with Crippen molar-refractivity contribution >= 4 is 26.9 Å². The predicted octanol–water partition coefficient (Wildman–Crippen LogP) is 1.21. The van der Waals surface area contributed by atoms with E-state index in [1.165, 1.54) is 6.07 Å². The Hall–Kier alpha value is -2.71. The number of nitrogens with two attached hydrogens (primary N) is 1. The van der Waals surface area contributed by atoms with Gasteiger partial charge in [0.25, 0.3) is 10.2 Å². The molecule has 2 aromatic heterocycles. The monoisotopic (exact) mass is 316 g/mol. The summed E-state index contributed by atoms with van der Waals surface area (Å²) < 4.78 is 24.5. The molecule has 3 rings (SSSR count). The molecule has 0 unspecified atom stereocenters. The highest BCUT2D eigenvalue weighted by atomic mass is 32.2. The molecule has 1 aromatic carbocycles. The van der Waals surface area contributed by atoms with E-state index < -0.39 is 10.2 Å². The Kier molecular flexibility index (Phi) is 3.39. The molecule has 3 aromatic rings. The van der Waals surface area contributed by atoms with Crippen LogP contribution in [0.25, 0.3) is 22.2 Å². The number of H-pyrrole nitrogens is 1. The normalized spacial score (nSPS) is 11.5. The van der Waals surface area contributed by atoms with Crippen molar-refractivity contribution < 1.29 is 8.42 Å². The van der Waals surface area contributed by atoms with Crippen molar-refractivity contribution in [3.05, 3.63) is 59.0 Å². The number of aromatic nitrogens is 2. The number of aromatic amines is 1. The first-order chi connectivity index (χ1) is 10.4. The quantitative estimate of drug-likeness (QED) is 0.673. The van der Waals surface area contributed by atoms with E-state index in [-0.39, 0.29) is 5.56 Å². The fraction of sp³-hybridized carbons (Fsp3) is 0. The number of hydrogen-bond donors (Lipinski definition) is 3. The van der Waals surface area contributed by atoms with Crippen LogP contribution in [-0.4, -0.2) is 18.4 Å². The maximum atomic E-state index is 11.4. The first-order valence-electron chi connectivity index (χ1n) is 6.31. The molecule has 112 valence electrons. The standard InChI is InChI=1S/C14H12N4O3S/c15-22(20,21)18-10-3-1-2-9(8-10)11-6-7-16-14-12(11)4-5-13(19)17-14/h1-8,18H,(H2,15,20,21)(H,16,17,19). The third-order valence-electron chi connectivity index (χ3n) is 3.07. The highest BCUT2D eigenvalue weighted by Gasteiger charge is 2.08. The topological polar surface area (TPSA) is 118 Å². The van der Waals surface area contributed by atoms with Crippen LogP contribution in [-0.2, 0) is 10.2 Å².